The van der Waals surface area contributed by atoms with E-state index in [0.29, 0.717) is 12.0 Å². The molecule has 3 nitrogen and oxygen atoms in total. The van der Waals surface area contributed by atoms with Crippen molar-refractivity contribution in [2.24, 2.45) is 11.7 Å². The molecule has 0 bridgehead atoms. The first-order chi connectivity index (χ1) is 7.38. The largest absolute Gasteiger partial charge is 0.378 e. The lowest BCUT2D eigenvalue weighted by atomic mass is 9.82. The van der Waals surface area contributed by atoms with Crippen LogP contribution in [-0.4, -0.2) is 24.2 Å². The highest BCUT2D eigenvalue weighted by molar-refractivity contribution is 5.08. The number of rotatable bonds is 5. The molecule has 0 amide bonds. The van der Waals surface area contributed by atoms with Gasteiger partial charge in [0.15, 0.2) is 0 Å². The summed E-state index contributed by atoms with van der Waals surface area (Å²) in [5.74, 6) is 0.702. The monoisotopic (exact) mass is 206 g/mol. The summed E-state index contributed by atoms with van der Waals surface area (Å²) in [4.78, 5) is 4.07. The molecule has 1 aromatic heterocycles. The predicted molar refractivity (Wildman–Crippen MR) is 59.5 cm³/mol. The summed E-state index contributed by atoms with van der Waals surface area (Å²) in [6.45, 7) is 1.61. The van der Waals surface area contributed by atoms with Crippen molar-refractivity contribution in [3.8, 4) is 0 Å². The van der Waals surface area contributed by atoms with E-state index >= 15 is 0 Å². The number of aromatic nitrogens is 1. The molecule has 1 saturated carbocycles. The van der Waals surface area contributed by atoms with E-state index in [9.17, 15) is 0 Å². The van der Waals surface area contributed by atoms with Gasteiger partial charge >= 0.3 is 0 Å². The first kappa shape index (κ1) is 10.6. The van der Waals surface area contributed by atoms with Crippen LogP contribution >= 0.6 is 0 Å². The van der Waals surface area contributed by atoms with E-state index in [1.54, 1.807) is 6.20 Å². The summed E-state index contributed by atoms with van der Waals surface area (Å²) < 4.78 is 5.73. The topological polar surface area (TPSA) is 48.1 Å². The van der Waals surface area contributed by atoms with Crippen LogP contribution in [0, 0.1) is 5.92 Å². The molecular weight excluding hydrogens is 188 g/mol. The van der Waals surface area contributed by atoms with Crippen LogP contribution in [0.4, 0.5) is 0 Å². The Morgan fingerprint density at radius 1 is 1.47 bits per heavy atom. The van der Waals surface area contributed by atoms with E-state index in [4.69, 9.17) is 10.5 Å². The number of pyridine rings is 1. The second-order valence-corrected chi connectivity index (χ2v) is 4.18. The number of nitrogens with zero attached hydrogens (tertiary/aromatic N) is 1. The Bertz CT molecular complexity index is 283. The van der Waals surface area contributed by atoms with Gasteiger partial charge in [-0.15, -0.1) is 0 Å². The lowest BCUT2D eigenvalue weighted by molar-refractivity contribution is -0.0263. The Hall–Kier alpha value is -0.930. The van der Waals surface area contributed by atoms with E-state index in [2.05, 4.69) is 11.1 Å². The fraction of sp³-hybridized carbons (Fsp3) is 0.583. The molecule has 0 unspecified atom stereocenters. The number of nitrogens with two attached hydrogens (primary N) is 1. The highest BCUT2D eigenvalue weighted by Crippen LogP contribution is 2.28. The van der Waals surface area contributed by atoms with Gasteiger partial charge in [0.1, 0.15) is 0 Å². The van der Waals surface area contributed by atoms with Crippen LogP contribution < -0.4 is 5.73 Å². The van der Waals surface area contributed by atoms with Crippen LogP contribution in [0.2, 0.25) is 0 Å². The molecule has 2 rings (SSSR count). The minimum absolute atomic E-state index is 0.454. The van der Waals surface area contributed by atoms with Crippen molar-refractivity contribution in [1.29, 1.82) is 0 Å². The molecular formula is C12H18N2O. The molecule has 0 aliphatic heterocycles. The minimum atomic E-state index is 0.454. The van der Waals surface area contributed by atoms with Crippen LogP contribution in [0.1, 0.15) is 18.4 Å². The lowest BCUT2D eigenvalue weighted by Gasteiger charge is -2.34. The molecule has 82 valence electrons. The highest BCUT2D eigenvalue weighted by atomic mass is 16.5. The SMILES string of the molecule is NCC1CC(OCCc2cccnc2)C1. The Morgan fingerprint density at radius 3 is 3.00 bits per heavy atom. The summed E-state index contributed by atoms with van der Waals surface area (Å²) in [5.41, 5.74) is 6.79. The van der Waals surface area contributed by atoms with E-state index < -0.39 is 0 Å². The van der Waals surface area contributed by atoms with Gasteiger partial charge in [-0.05, 0) is 43.4 Å². The molecule has 15 heavy (non-hydrogen) atoms. The highest BCUT2D eigenvalue weighted by Gasteiger charge is 2.28. The van der Waals surface area contributed by atoms with Crippen molar-refractivity contribution in [3.05, 3.63) is 30.1 Å². The first-order valence-electron chi connectivity index (χ1n) is 5.59. The third-order valence-electron chi connectivity index (χ3n) is 2.99. The predicted octanol–water partition coefficient (Wildman–Crippen LogP) is 1.38. The Morgan fingerprint density at radius 2 is 2.33 bits per heavy atom. The van der Waals surface area contributed by atoms with Crippen molar-refractivity contribution in [1.82, 2.24) is 4.98 Å². The zero-order chi connectivity index (χ0) is 10.5. The average molecular weight is 206 g/mol. The molecule has 3 heteroatoms. The molecule has 1 aliphatic carbocycles. The first-order valence-corrected chi connectivity index (χ1v) is 5.59. The van der Waals surface area contributed by atoms with Gasteiger partial charge in [-0.3, -0.25) is 4.98 Å². The summed E-state index contributed by atoms with van der Waals surface area (Å²) in [7, 11) is 0. The fourth-order valence-corrected chi connectivity index (χ4v) is 1.89. The molecule has 0 atom stereocenters. The number of hydrogen-bond donors (Lipinski definition) is 1. The van der Waals surface area contributed by atoms with E-state index in [1.165, 1.54) is 5.56 Å². The van der Waals surface area contributed by atoms with E-state index in [-0.39, 0.29) is 0 Å². The Balaban J connectivity index is 1.60. The van der Waals surface area contributed by atoms with Crippen LogP contribution in [0.25, 0.3) is 0 Å². The quantitative estimate of drug-likeness (QED) is 0.791. The van der Waals surface area contributed by atoms with Crippen molar-refractivity contribution < 1.29 is 4.74 Å². The Kier molecular flexibility index (Phi) is 3.69. The molecule has 1 aromatic rings. The van der Waals surface area contributed by atoms with Gasteiger partial charge in [0.25, 0.3) is 0 Å². The van der Waals surface area contributed by atoms with Gasteiger partial charge < -0.3 is 10.5 Å². The van der Waals surface area contributed by atoms with Gasteiger partial charge in [0, 0.05) is 12.4 Å². The second-order valence-electron chi connectivity index (χ2n) is 4.18. The van der Waals surface area contributed by atoms with Crippen molar-refractivity contribution in [2.75, 3.05) is 13.2 Å². The molecule has 0 radical (unpaired) electrons. The number of ether oxygens (including phenoxy) is 1. The summed E-state index contributed by atoms with van der Waals surface area (Å²) in [6.07, 6.45) is 7.38. The molecule has 0 aromatic carbocycles. The number of hydrogen-bond acceptors (Lipinski definition) is 3. The van der Waals surface area contributed by atoms with Crippen molar-refractivity contribution in [2.45, 2.75) is 25.4 Å². The molecule has 0 saturated heterocycles. The maximum Gasteiger partial charge on any atom is 0.0581 e. The van der Waals surface area contributed by atoms with Gasteiger partial charge in [0.05, 0.1) is 12.7 Å². The van der Waals surface area contributed by atoms with Crippen molar-refractivity contribution >= 4 is 0 Å². The lowest BCUT2D eigenvalue weighted by Crippen LogP contribution is -2.36. The third kappa shape index (κ3) is 3.01. The van der Waals surface area contributed by atoms with Gasteiger partial charge in [-0.25, -0.2) is 0 Å². The smallest absolute Gasteiger partial charge is 0.0581 e. The molecule has 2 N–H and O–H groups in total. The maximum absolute atomic E-state index is 5.73. The van der Waals surface area contributed by atoms with Crippen molar-refractivity contribution in [3.63, 3.8) is 0 Å². The average Bonchev–Trinajstić information content (AvgIpc) is 2.23. The molecule has 1 fully saturated rings. The summed E-state index contributed by atoms with van der Waals surface area (Å²) in [6, 6.07) is 4.04. The summed E-state index contributed by atoms with van der Waals surface area (Å²) >= 11 is 0. The van der Waals surface area contributed by atoms with E-state index in [0.717, 1.165) is 32.4 Å². The Labute approximate surface area is 90.7 Å². The standard InChI is InChI=1S/C12H18N2O/c13-8-11-6-12(7-11)15-5-3-10-2-1-4-14-9-10/h1-2,4,9,11-12H,3,5-8,13H2. The second kappa shape index (κ2) is 5.24. The third-order valence-corrected chi connectivity index (χ3v) is 2.99. The fourth-order valence-electron chi connectivity index (χ4n) is 1.89. The van der Waals surface area contributed by atoms with Gasteiger partial charge in [-0.2, -0.15) is 0 Å². The van der Waals surface area contributed by atoms with Crippen LogP contribution in [0.5, 0.6) is 0 Å². The van der Waals surface area contributed by atoms with Crippen LogP contribution in [0.3, 0.4) is 0 Å². The zero-order valence-corrected chi connectivity index (χ0v) is 8.93. The normalized spacial score (nSPS) is 24.9. The maximum atomic E-state index is 5.73. The zero-order valence-electron chi connectivity index (χ0n) is 8.93. The van der Waals surface area contributed by atoms with Gasteiger partial charge in [0.2, 0.25) is 0 Å². The molecule has 1 heterocycles. The minimum Gasteiger partial charge on any atom is -0.378 e. The van der Waals surface area contributed by atoms with Crippen LogP contribution in [-0.2, 0) is 11.2 Å². The van der Waals surface area contributed by atoms with Crippen LogP contribution in [0.15, 0.2) is 24.5 Å². The molecule has 1 aliphatic rings. The van der Waals surface area contributed by atoms with E-state index in [1.807, 2.05) is 12.3 Å². The summed E-state index contributed by atoms with van der Waals surface area (Å²) in [5, 5.41) is 0. The van der Waals surface area contributed by atoms with Gasteiger partial charge in [-0.1, -0.05) is 6.07 Å². The molecule has 0 spiro atoms.